The summed E-state index contributed by atoms with van der Waals surface area (Å²) in [6, 6.07) is 21.6. The van der Waals surface area contributed by atoms with Gasteiger partial charge in [-0.05, 0) is 60.9 Å². The Morgan fingerprint density at radius 1 is 1.04 bits per heavy atom. The summed E-state index contributed by atoms with van der Waals surface area (Å²) in [7, 11) is 0. The summed E-state index contributed by atoms with van der Waals surface area (Å²) in [5, 5.41) is 0.706. The molecule has 0 aliphatic heterocycles. The van der Waals surface area contributed by atoms with Crippen molar-refractivity contribution in [3.8, 4) is 5.69 Å². The Morgan fingerprint density at radius 3 is 2.70 bits per heavy atom. The predicted octanol–water partition coefficient (Wildman–Crippen LogP) is 5.80. The highest BCUT2D eigenvalue weighted by Gasteiger charge is 2.11. The summed E-state index contributed by atoms with van der Waals surface area (Å²) >= 11 is 6.18. The first-order chi connectivity index (χ1) is 13.1. The van der Waals surface area contributed by atoms with Crippen molar-refractivity contribution in [2.45, 2.75) is 19.8 Å². The Kier molecular flexibility index (Phi) is 4.78. The minimum atomic E-state index is 0.0990. The number of carbonyl (C=O) groups is 1. The van der Waals surface area contributed by atoms with Gasteiger partial charge in [-0.15, -0.1) is 0 Å². The van der Waals surface area contributed by atoms with Crippen LogP contribution in [0.5, 0.6) is 0 Å². The van der Waals surface area contributed by atoms with Crippen molar-refractivity contribution in [3.05, 3.63) is 94.8 Å². The second-order valence-corrected chi connectivity index (χ2v) is 7.08. The maximum Gasteiger partial charge on any atom is 0.163 e. The van der Waals surface area contributed by atoms with E-state index in [1.165, 1.54) is 5.56 Å². The van der Waals surface area contributed by atoms with Crippen LogP contribution in [0, 0.1) is 6.92 Å². The molecule has 0 unspecified atom stereocenters. The largest absolute Gasteiger partial charge is 0.299 e. The van der Waals surface area contributed by atoms with Gasteiger partial charge in [-0.25, -0.2) is 4.98 Å². The molecule has 4 heteroatoms. The summed E-state index contributed by atoms with van der Waals surface area (Å²) in [4.78, 5) is 17.1. The molecular weight excluding hydrogens is 356 g/mol. The van der Waals surface area contributed by atoms with Gasteiger partial charge in [0.25, 0.3) is 0 Å². The average Bonchev–Trinajstić information content (AvgIpc) is 3.10. The van der Waals surface area contributed by atoms with Crippen molar-refractivity contribution in [1.82, 2.24) is 9.55 Å². The van der Waals surface area contributed by atoms with Gasteiger partial charge in [0.15, 0.2) is 5.78 Å². The zero-order valence-corrected chi connectivity index (χ0v) is 15.8. The van der Waals surface area contributed by atoms with E-state index in [1.807, 2.05) is 53.1 Å². The number of rotatable bonds is 5. The van der Waals surface area contributed by atoms with Crippen molar-refractivity contribution in [2.24, 2.45) is 0 Å². The lowest BCUT2D eigenvalue weighted by atomic mass is 10.0. The molecule has 0 radical (unpaired) electrons. The SMILES string of the molecule is Cc1cccc(-n2cnc3cc(C(=O)CCc4ccccc4Cl)ccc32)c1. The molecule has 0 spiro atoms. The second kappa shape index (κ2) is 7.37. The monoisotopic (exact) mass is 374 g/mol. The van der Waals surface area contributed by atoms with E-state index < -0.39 is 0 Å². The summed E-state index contributed by atoms with van der Waals surface area (Å²) in [6.07, 6.45) is 2.86. The molecule has 1 heterocycles. The molecular formula is C23H19ClN2O. The highest BCUT2D eigenvalue weighted by Crippen LogP contribution is 2.22. The molecule has 0 atom stereocenters. The number of aromatic nitrogens is 2. The first-order valence-electron chi connectivity index (χ1n) is 8.92. The number of halogens is 1. The van der Waals surface area contributed by atoms with Gasteiger partial charge in [0, 0.05) is 22.7 Å². The number of aryl methyl sites for hydroxylation is 2. The van der Waals surface area contributed by atoms with Crippen LogP contribution in [0.25, 0.3) is 16.7 Å². The fourth-order valence-corrected chi connectivity index (χ4v) is 3.49. The summed E-state index contributed by atoms with van der Waals surface area (Å²) in [5.41, 5.74) is 5.75. The molecule has 0 amide bonds. The van der Waals surface area contributed by atoms with Crippen molar-refractivity contribution in [1.29, 1.82) is 0 Å². The molecule has 1 aromatic heterocycles. The number of hydrogen-bond acceptors (Lipinski definition) is 2. The Morgan fingerprint density at radius 2 is 1.89 bits per heavy atom. The highest BCUT2D eigenvalue weighted by atomic mass is 35.5. The quantitative estimate of drug-likeness (QED) is 0.413. The van der Waals surface area contributed by atoms with Gasteiger partial charge in [0.1, 0.15) is 6.33 Å². The van der Waals surface area contributed by atoms with Crippen LogP contribution >= 0.6 is 11.6 Å². The lowest BCUT2D eigenvalue weighted by Gasteiger charge is -2.06. The first kappa shape index (κ1) is 17.5. The predicted molar refractivity (Wildman–Crippen MR) is 110 cm³/mol. The maximum absolute atomic E-state index is 12.6. The van der Waals surface area contributed by atoms with E-state index in [9.17, 15) is 4.79 Å². The topological polar surface area (TPSA) is 34.9 Å². The second-order valence-electron chi connectivity index (χ2n) is 6.67. The molecule has 0 saturated carbocycles. The van der Waals surface area contributed by atoms with E-state index in [-0.39, 0.29) is 5.78 Å². The number of carbonyl (C=O) groups excluding carboxylic acids is 1. The molecule has 27 heavy (non-hydrogen) atoms. The molecule has 0 aliphatic rings. The van der Waals surface area contributed by atoms with Crippen LogP contribution in [-0.2, 0) is 6.42 Å². The van der Waals surface area contributed by atoms with Crippen LogP contribution in [0.4, 0.5) is 0 Å². The van der Waals surface area contributed by atoms with Crippen LogP contribution < -0.4 is 0 Å². The van der Waals surface area contributed by atoms with Crippen molar-refractivity contribution >= 4 is 28.4 Å². The molecule has 134 valence electrons. The number of Topliss-reactive ketones (excluding diaryl/α,β-unsaturated/α-hetero) is 1. The Bertz CT molecular complexity index is 1130. The van der Waals surface area contributed by atoms with Gasteiger partial charge in [0.05, 0.1) is 11.0 Å². The minimum absolute atomic E-state index is 0.0990. The Labute approximate surface area is 163 Å². The van der Waals surface area contributed by atoms with Gasteiger partial charge in [-0.2, -0.15) is 0 Å². The molecule has 4 rings (SSSR count). The minimum Gasteiger partial charge on any atom is -0.299 e. The molecule has 0 N–H and O–H groups in total. The molecule has 0 fully saturated rings. The highest BCUT2D eigenvalue weighted by molar-refractivity contribution is 6.31. The number of benzene rings is 3. The zero-order chi connectivity index (χ0) is 18.8. The lowest BCUT2D eigenvalue weighted by Crippen LogP contribution is -2.02. The van der Waals surface area contributed by atoms with Gasteiger partial charge in [-0.1, -0.05) is 41.9 Å². The number of imidazole rings is 1. The number of fused-ring (bicyclic) bond motifs is 1. The third-order valence-electron chi connectivity index (χ3n) is 4.73. The summed E-state index contributed by atoms with van der Waals surface area (Å²) in [5.74, 6) is 0.0990. The van der Waals surface area contributed by atoms with E-state index in [2.05, 4.69) is 30.1 Å². The number of ketones is 1. The van der Waals surface area contributed by atoms with Crippen molar-refractivity contribution in [2.75, 3.05) is 0 Å². The normalized spacial score (nSPS) is 11.0. The zero-order valence-electron chi connectivity index (χ0n) is 15.0. The summed E-state index contributed by atoms with van der Waals surface area (Å²) in [6.45, 7) is 2.07. The van der Waals surface area contributed by atoms with E-state index in [0.29, 0.717) is 23.4 Å². The van der Waals surface area contributed by atoms with Crippen LogP contribution in [0.15, 0.2) is 73.1 Å². The van der Waals surface area contributed by atoms with Crippen LogP contribution in [-0.4, -0.2) is 15.3 Å². The van der Waals surface area contributed by atoms with Gasteiger partial charge >= 0.3 is 0 Å². The summed E-state index contributed by atoms with van der Waals surface area (Å²) < 4.78 is 2.04. The standard InChI is InChI=1S/C23H19ClN2O/c1-16-5-4-7-19(13-16)26-15-25-21-14-18(9-11-22(21)26)23(27)12-10-17-6-2-3-8-20(17)24/h2-9,11,13-15H,10,12H2,1H3. The Hall–Kier alpha value is -2.91. The fourth-order valence-electron chi connectivity index (χ4n) is 3.26. The fraction of sp³-hybridized carbons (Fsp3) is 0.130. The van der Waals surface area contributed by atoms with Gasteiger partial charge in [-0.3, -0.25) is 9.36 Å². The van der Waals surface area contributed by atoms with Gasteiger partial charge in [0.2, 0.25) is 0 Å². The van der Waals surface area contributed by atoms with E-state index in [0.717, 1.165) is 22.3 Å². The first-order valence-corrected chi connectivity index (χ1v) is 9.30. The molecule has 0 saturated heterocycles. The molecule has 3 nitrogen and oxygen atoms in total. The number of hydrogen-bond donors (Lipinski definition) is 0. The molecule has 3 aromatic carbocycles. The smallest absolute Gasteiger partial charge is 0.163 e. The van der Waals surface area contributed by atoms with Crippen LogP contribution in [0.1, 0.15) is 27.9 Å². The van der Waals surface area contributed by atoms with Gasteiger partial charge < -0.3 is 0 Å². The molecule has 0 aliphatic carbocycles. The molecule has 4 aromatic rings. The molecule has 0 bridgehead atoms. The lowest BCUT2D eigenvalue weighted by molar-refractivity contribution is 0.0983. The third-order valence-corrected chi connectivity index (χ3v) is 5.10. The van der Waals surface area contributed by atoms with E-state index >= 15 is 0 Å². The average molecular weight is 375 g/mol. The van der Waals surface area contributed by atoms with Crippen LogP contribution in [0.2, 0.25) is 5.02 Å². The third kappa shape index (κ3) is 3.64. The Balaban J connectivity index is 1.57. The van der Waals surface area contributed by atoms with Crippen molar-refractivity contribution in [3.63, 3.8) is 0 Å². The van der Waals surface area contributed by atoms with E-state index in [4.69, 9.17) is 11.6 Å². The maximum atomic E-state index is 12.6. The van der Waals surface area contributed by atoms with E-state index in [1.54, 1.807) is 6.33 Å². The van der Waals surface area contributed by atoms with Crippen LogP contribution in [0.3, 0.4) is 0 Å². The van der Waals surface area contributed by atoms with Crippen molar-refractivity contribution < 1.29 is 4.79 Å². The number of nitrogens with zero attached hydrogens (tertiary/aromatic N) is 2.